The van der Waals surface area contributed by atoms with Crippen molar-refractivity contribution in [3.05, 3.63) is 35.0 Å². The molecule has 1 aliphatic heterocycles. The van der Waals surface area contributed by atoms with E-state index >= 15 is 0 Å². The molecule has 1 N–H and O–H groups in total. The third-order valence-corrected chi connectivity index (χ3v) is 3.41. The van der Waals surface area contributed by atoms with Crippen LogP contribution in [0, 0.1) is 6.92 Å². The fourth-order valence-corrected chi connectivity index (χ4v) is 2.42. The van der Waals surface area contributed by atoms with Gasteiger partial charge in [0.05, 0.1) is 11.2 Å². The summed E-state index contributed by atoms with van der Waals surface area (Å²) in [5, 5.41) is 2.18. The van der Waals surface area contributed by atoms with E-state index in [9.17, 15) is 9.59 Å². The van der Waals surface area contributed by atoms with Crippen LogP contribution in [-0.4, -0.2) is 21.8 Å². The third kappa shape index (κ3) is 2.20. The number of aryl methyl sites for hydroxylation is 1. The smallest absolute Gasteiger partial charge is 0.248 e. The van der Waals surface area contributed by atoms with E-state index in [-0.39, 0.29) is 24.7 Å². The number of nitrogens with one attached hydrogen (secondary N) is 1. The van der Waals surface area contributed by atoms with Crippen molar-refractivity contribution in [1.82, 2.24) is 9.99 Å². The highest BCUT2D eigenvalue weighted by Gasteiger charge is 2.29. The van der Waals surface area contributed by atoms with Crippen LogP contribution in [0.25, 0.3) is 10.9 Å². The zero-order valence-electron chi connectivity index (χ0n) is 10.8. The van der Waals surface area contributed by atoms with Crippen molar-refractivity contribution in [2.45, 2.75) is 19.8 Å². The Labute approximate surface area is 120 Å². The lowest BCUT2D eigenvalue weighted by Gasteiger charge is -2.18. The molecule has 0 spiro atoms. The zero-order chi connectivity index (χ0) is 14.3. The van der Waals surface area contributed by atoms with E-state index in [2.05, 4.69) is 10.4 Å². The average molecular weight is 290 g/mol. The Balaban J connectivity index is 2.08. The van der Waals surface area contributed by atoms with E-state index in [0.717, 1.165) is 16.0 Å². The molecule has 1 fully saturated rings. The van der Waals surface area contributed by atoms with Gasteiger partial charge in [-0.25, -0.2) is 4.98 Å². The van der Waals surface area contributed by atoms with Gasteiger partial charge in [0.25, 0.3) is 0 Å². The van der Waals surface area contributed by atoms with Gasteiger partial charge in [-0.2, -0.15) is 5.01 Å². The van der Waals surface area contributed by atoms with Crippen molar-refractivity contribution in [3.63, 3.8) is 0 Å². The number of hydrogen-bond donors (Lipinski definition) is 1. The highest BCUT2D eigenvalue weighted by Crippen LogP contribution is 2.27. The van der Waals surface area contributed by atoms with Crippen molar-refractivity contribution in [1.29, 1.82) is 0 Å². The molecule has 1 aromatic carbocycles. The van der Waals surface area contributed by atoms with Crippen LogP contribution in [0.15, 0.2) is 24.3 Å². The number of halogens is 1. The summed E-state index contributed by atoms with van der Waals surface area (Å²) in [6, 6.07) is 7.34. The number of carbonyl (C=O) groups excluding carboxylic acids is 2. The molecule has 6 heteroatoms. The van der Waals surface area contributed by atoms with E-state index in [4.69, 9.17) is 11.6 Å². The van der Waals surface area contributed by atoms with Crippen molar-refractivity contribution in [3.8, 4) is 0 Å². The minimum atomic E-state index is -0.233. The van der Waals surface area contributed by atoms with Crippen LogP contribution in [0.4, 0.5) is 5.69 Å². The van der Waals surface area contributed by atoms with Crippen LogP contribution in [0.1, 0.15) is 18.4 Å². The lowest BCUT2D eigenvalue weighted by Crippen LogP contribution is -2.34. The largest absolute Gasteiger partial charge is 0.288 e. The number of hydrazine groups is 1. The highest BCUT2D eigenvalue weighted by molar-refractivity contribution is 6.30. The number of fused-ring (bicyclic) bond motifs is 1. The van der Waals surface area contributed by atoms with Gasteiger partial charge in [-0.15, -0.1) is 0 Å². The number of anilines is 1. The number of nitrogens with zero attached hydrogens (tertiary/aromatic N) is 2. The lowest BCUT2D eigenvalue weighted by atomic mass is 10.1. The van der Waals surface area contributed by atoms with E-state index in [1.54, 1.807) is 6.07 Å². The molecule has 5 nitrogen and oxygen atoms in total. The summed E-state index contributed by atoms with van der Waals surface area (Å²) >= 11 is 5.98. The molecule has 2 amide bonds. The maximum atomic E-state index is 11.7. The monoisotopic (exact) mass is 289 g/mol. The highest BCUT2D eigenvalue weighted by atomic mass is 35.5. The quantitative estimate of drug-likeness (QED) is 0.682. The number of pyridine rings is 1. The summed E-state index contributed by atoms with van der Waals surface area (Å²) in [4.78, 5) is 27.6. The predicted octanol–water partition coefficient (Wildman–Crippen LogP) is 2.67. The normalized spacial score (nSPS) is 15.2. The zero-order valence-corrected chi connectivity index (χ0v) is 11.6. The summed E-state index contributed by atoms with van der Waals surface area (Å²) < 4.78 is 0. The maximum Gasteiger partial charge on any atom is 0.248 e. The van der Waals surface area contributed by atoms with Crippen LogP contribution >= 0.6 is 11.6 Å². The second-order valence-electron chi connectivity index (χ2n) is 4.75. The Morgan fingerprint density at radius 2 is 1.90 bits per heavy atom. The summed E-state index contributed by atoms with van der Waals surface area (Å²) in [5.74, 6) is -0.465. The summed E-state index contributed by atoms with van der Waals surface area (Å²) in [6.07, 6.45) is 0.475. The second kappa shape index (κ2) is 4.76. The molecule has 1 aromatic heterocycles. The first-order valence-corrected chi connectivity index (χ1v) is 6.62. The molecule has 102 valence electrons. The first kappa shape index (κ1) is 12.9. The fourth-order valence-electron chi connectivity index (χ4n) is 2.22. The Bertz CT molecular complexity index is 714. The molecule has 0 saturated carbocycles. The summed E-state index contributed by atoms with van der Waals surface area (Å²) in [7, 11) is 0. The van der Waals surface area contributed by atoms with Crippen molar-refractivity contribution >= 4 is 40.0 Å². The van der Waals surface area contributed by atoms with Gasteiger partial charge in [-0.1, -0.05) is 23.2 Å². The van der Waals surface area contributed by atoms with E-state index in [0.29, 0.717) is 16.4 Å². The molecule has 2 heterocycles. The number of imide groups is 1. The first-order chi connectivity index (χ1) is 9.54. The minimum absolute atomic E-state index is 0.233. The summed E-state index contributed by atoms with van der Waals surface area (Å²) in [6.45, 7) is 1.96. The minimum Gasteiger partial charge on any atom is -0.288 e. The first-order valence-electron chi connectivity index (χ1n) is 6.24. The molecule has 3 rings (SSSR count). The Morgan fingerprint density at radius 3 is 2.60 bits per heavy atom. The van der Waals surface area contributed by atoms with Gasteiger partial charge < -0.3 is 0 Å². The molecule has 20 heavy (non-hydrogen) atoms. The lowest BCUT2D eigenvalue weighted by molar-refractivity contribution is -0.136. The summed E-state index contributed by atoms with van der Waals surface area (Å²) in [5.41, 5.74) is 5.24. The number of aromatic nitrogens is 1. The molecule has 0 aliphatic carbocycles. The van der Waals surface area contributed by atoms with Gasteiger partial charge in [0.15, 0.2) is 0 Å². The van der Waals surface area contributed by atoms with Gasteiger partial charge >= 0.3 is 0 Å². The maximum absolute atomic E-state index is 11.7. The molecule has 1 aliphatic rings. The van der Waals surface area contributed by atoms with E-state index < -0.39 is 0 Å². The predicted molar refractivity (Wildman–Crippen MR) is 76.2 cm³/mol. The van der Waals surface area contributed by atoms with Gasteiger partial charge in [0, 0.05) is 24.3 Å². The molecule has 0 bridgehead atoms. The number of hydrogen-bond acceptors (Lipinski definition) is 4. The van der Waals surface area contributed by atoms with Crippen LogP contribution in [0.5, 0.6) is 0 Å². The topological polar surface area (TPSA) is 62.3 Å². The standard InChI is InChI=1S/C14H12ClN3O2/c1-8-2-3-10-9(6-8)11(7-12(15)16-10)17-18-13(19)4-5-14(18)20/h2-3,6-7H,4-5H2,1H3,(H,16,17). The average Bonchev–Trinajstić information content (AvgIpc) is 2.71. The molecule has 0 atom stereocenters. The second-order valence-corrected chi connectivity index (χ2v) is 5.14. The number of benzene rings is 1. The Morgan fingerprint density at radius 1 is 1.20 bits per heavy atom. The van der Waals surface area contributed by atoms with Crippen LogP contribution in [0.3, 0.4) is 0 Å². The molecule has 0 radical (unpaired) electrons. The number of rotatable bonds is 2. The van der Waals surface area contributed by atoms with Gasteiger partial charge in [0.1, 0.15) is 5.15 Å². The van der Waals surface area contributed by atoms with E-state index in [1.807, 2.05) is 25.1 Å². The number of amides is 2. The Kier molecular flexibility index (Phi) is 3.06. The van der Waals surface area contributed by atoms with Crippen LogP contribution in [0.2, 0.25) is 5.15 Å². The molecule has 2 aromatic rings. The van der Waals surface area contributed by atoms with Gasteiger partial charge in [-0.05, 0) is 19.1 Å². The van der Waals surface area contributed by atoms with Crippen molar-refractivity contribution in [2.75, 3.05) is 5.43 Å². The Hall–Kier alpha value is -2.14. The molecule has 1 saturated heterocycles. The molecule has 0 unspecified atom stereocenters. The van der Waals surface area contributed by atoms with Crippen molar-refractivity contribution < 1.29 is 9.59 Å². The molecular weight excluding hydrogens is 278 g/mol. The van der Waals surface area contributed by atoms with E-state index in [1.165, 1.54) is 0 Å². The van der Waals surface area contributed by atoms with Gasteiger partial charge in [0.2, 0.25) is 11.8 Å². The fraction of sp³-hybridized carbons (Fsp3) is 0.214. The SMILES string of the molecule is Cc1ccc2nc(Cl)cc(NN3C(=O)CCC3=O)c2c1. The van der Waals surface area contributed by atoms with Crippen LogP contribution in [-0.2, 0) is 9.59 Å². The third-order valence-electron chi connectivity index (χ3n) is 3.22. The van der Waals surface area contributed by atoms with Gasteiger partial charge in [-0.3, -0.25) is 15.0 Å². The number of carbonyl (C=O) groups is 2. The molecular formula is C14H12ClN3O2. The van der Waals surface area contributed by atoms with Crippen molar-refractivity contribution in [2.24, 2.45) is 0 Å². The van der Waals surface area contributed by atoms with Crippen LogP contribution < -0.4 is 5.43 Å².